The normalized spacial score (nSPS) is 11.0. The van der Waals surface area contributed by atoms with Crippen molar-refractivity contribution >= 4 is 208 Å². The third kappa shape index (κ3) is 39.3. The fourth-order valence-corrected chi connectivity index (χ4v) is 10.3. The van der Waals surface area contributed by atoms with E-state index in [9.17, 15) is 78.8 Å². The number of nitrogens with two attached hydrogens (primary N) is 1. The molecule has 0 saturated heterocycles. The van der Waals surface area contributed by atoms with Crippen LogP contribution in [0, 0.1) is 70.0 Å². The molecule has 113 heavy (non-hydrogen) atoms. The number of aliphatic imine (C=N–C) groups is 1. The predicted octanol–water partition coefficient (Wildman–Crippen LogP) is 17.2. The number of amidine groups is 1. The Morgan fingerprint density at radius 1 is 0.584 bits per heavy atom. The topological polar surface area (TPSA) is 500 Å². The minimum absolute atomic E-state index is 0. The molecule has 0 aromatic heterocycles. The zero-order valence-electron chi connectivity index (χ0n) is 60.8. The average molecular weight is 1990 g/mol. The number of benzene rings is 6. The molecule has 2 heterocycles. The molecule has 8 rings (SSSR count). The van der Waals surface area contributed by atoms with Crippen LogP contribution in [0.5, 0.6) is 0 Å². The first kappa shape index (κ1) is 102. The SMILES string of the molecule is C=C(CC#N)C(=O)OCC.CC(=O)O.CC(=O)OC(OC(C)=O)c1ccc(Br)cc1[N+](=O)[O-].CCOC(=O)/C(=C/c1ccc(Br)cc1[N+](=O)[O-])CC#N.CCOC(=O)C1=Cc2ccc(Br)cc2N=C(N)C1.CCOC(=O)C1=Cc2ccc(Br)cc2NC(=O)C1.Cc1ccc(Br)cc1[N+](=O)[O-].O=Cc1ccc(Br)cc1[N+](=O)[O-].[Fe]. The second-order valence-electron chi connectivity index (χ2n) is 21.4. The molecule has 2 aliphatic rings. The van der Waals surface area contributed by atoms with Gasteiger partial charge >= 0.3 is 35.8 Å². The van der Waals surface area contributed by atoms with E-state index in [1.54, 1.807) is 83.2 Å². The molecule has 33 nitrogen and oxygen atoms in total. The minimum Gasteiger partial charge on any atom is -0.481 e. The Kier molecular flexibility index (Phi) is 48.8. The van der Waals surface area contributed by atoms with E-state index in [0.717, 1.165) is 51.0 Å². The third-order valence-corrected chi connectivity index (χ3v) is 15.8. The van der Waals surface area contributed by atoms with Crippen LogP contribution >= 0.6 is 95.6 Å². The smallest absolute Gasteiger partial charge is 0.335 e. The molecule has 0 saturated carbocycles. The van der Waals surface area contributed by atoms with Crippen LogP contribution in [-0.4, -0.2) is 111 Å². The van der Waals surface area contributed by atoms with Crippen molar-refractivity contribution < 1.29 is 113 Å². The molecule has 600 valence electrons. The number of carboxylic acids is 1. The van der Waals surface area contributed by atoms with Gasteiger partial charge in [0.2, 0.25) is 5.91 Å². The summed E-state index contributed by atoms with van der Waals surface area (Å²) in [7, 11) is 0. The average Bonchev–Trinajstić information content (AvgIpc) is 1.77. The van der Waals surface area contributed by atoms with Gasteiger partial charge in [0.05, 0.1) is 99.9 Å². The van der Waals surface area contributed by atoms with Gasteiger partial charge in [0.1, 0.15) is 11.4 Å². The summed E-state index contributed by atoms with van der Waals surface area (Å²) in [5.41, 5.74) is 10.6. The number of carbonyl (C=O) groups is 9. The molecule has 1 amide bonds. The quantitative estimate of drug-likeness (QED) is 0.00991. The van der Waals surface area contributed by atoms with Gasteiger partial charge in [0.25, 0.3) is 35.0 Å². The van der Waals surface area contributed by atoms with Crippen LogP contribution in [0.15, 0.2) is 170 Å². The van der Waals surface area contributed by atoms with Gasteiger partial charge in [-0.1, -0.05) is 120 Å². The maximum Gasteiger partial charge on any atom is 0.335 e. The van der Waals surface area contributed by atoms with Crippen LogP contribution in [-0.2, 0) is 83.8 Å². The second-order valence-corrected chi connectivity index (χ2v) is 26.9. The number of nitriles is 2. The molecule has 0 aliphatic carbocycles. The molecule has 0 atom stereocenters. The van der Waals surface area contributed by atoms with E-state index in [2.05, 4.69) is 117 Å². The van der Waals surface area contributed by atoms with Crippen LogP contribution in [0.25, 0.3) is 18.2 Å². The molecule has 6 aromatic rings. The molecule has 4 N–H and O–H groups in total. The van der Waals surface area contributed by atoms with Gasteiger partial charge in [-0.15, -0.1) is 0 Å². The summed E-state index contributed by atoms with van der Waals surface area (Å²) >= 11 is 19.2. The Morgan fingerprint density at radius 3 is 1.44 bits per heavy atom. The number of nitro groups is 4. The van der Waals surface area contributed by atoms with Gasteiger partial charge in [-0.3, -0.25) is 64.4 Å². The van der Waals surface area contributed by atoms with Crippen molar-refractivity contribution in [1.29, 1.82) is 10.5 Å². The Labute approximate surface area is 706 Å². The summed E-state index contributed by atoms with van der Waals surface area (Å²) < 4.78 is 33.0. The monoisotopic (exact) mass is 1980 g/mol. The molecule has 2 aliphatic heterocycles. The number of nitrogens with one attached hydrogen (secondary N) is 1. The molecule has 0 unspecified atom stereocenters. The Bertz CT molecular complexity index is 4700. The number of hydrogen-bond acceptors (Lipinski definition) is 27. The zero-order valence-corrected chi connectivity index (χ0v) is 71.4. The summed E-state index contributed by atoms with van der Waals surface area (Å²) in [4.78, 5) is 144. The molecule has 0 fully saturated rings. The number of carbonyl (C=O) groups excluding carboxylic acids is 8. The van der Waals surface area contributed by atoms with Crippen LogP contribution in [0.1, 0.15) is 119 Å². The molecular formula is C73H69Br6FeN9O24. The molecule has 0 radical (unpaired) electrons. The van der Waals surface area contributed by atoms with E-state index < -0.39 is 56.9 Å². The van der Waals surface area contributed by atoms with Gasteiger partial charge in [0.15, 0.2) is 6.29 Å². The van der Waals surface area contributed by atoms with E-state index in [1.807, 2.05) is 36.4 Å². The van der Waals surface area contributed by atoms with E-state index in [0.29, 0.717) is 74.2 Å². The van der Waals surface area contributed by atoms with Gasteiger partial charge < -0.3 is 44.6 Å². The number of ether oxygens (including phenoxy) is 6. The van der Waals surface area contributed by atoms with E-state index in [-0.39, 0.29) is 110 Å². The zero-order chi connectivity index (χ0) is 85.1. The second kappa shape index (κ2) is 53.9. The van der Waals surface area contributed by atoms with Crippen molar-refractivity contribution in [1.82, 2.24) is 0 Å². The number of halogens is 6. The number of carboxylic acid groups (broad SMARTS) is 1. The third-order valence-electron chi connectivity index (χ3n) is 12.9. The number of aliphatic carboxylic acids is 1. The van der Waals surface area contributed by atoms with Crippen LogP contribution in [0.3, 0.4) is 0 Å². The number of nitrogens with zero attached hydrogens (tertiary/aromatic N) is 7. The first-order valence-electron chi connectivity index (χ1n) is 31.9. The molecular weight excluding hydrogens is 1920 g/mol. The van der Waals surface area contributed by atoms with Gasteiger partial charge in [0, 0.05) is 129 Å². The summed E-state index contributed by atoms with van der Waals surface area (Å²) in [5.74, 6) is -3.99. The minimum atomic E-state index is -1.44. The molecule has 0 spiro atoms. The van der Waals surface area contributed by atoms with E-state index in [1.165, 1.54) is 54.6 Å². The van der Waals surface area contributed by atoms with Crippen molar-refractivity contribution in [3.63, 3.8) is 0 Å². The van der Waals surface area contributed by atoms with Gasteiger partial charge in [-0.05, 0) is 125 Å². The Balaban J connectivity index is 0.00000130. The van der Waals surface area contributed by atoms with Crippen LogP contribution < -0.4 is 11.1 Å². The number of rotatable bonds is 19. The largest absolute Gasteiger partial charge is 0.481 e. The van der Waals surface area contributed by atoms with Crippen molar-refractivity contribution in [2.24, 2.45) is 10.7 Å². The standard InChI is InChI=1S/C13H11BrN2O4.C13H13BrN2O2.C13H12BrNO3.C11H10BrNO6.C7H4BrNO3.C7H6BrNO2.C7H9NO2.C2H4O2.Fe/c1-2-20-13(17)10(5-6-15)7-9-3-4-11(14)8-12(9)16(18)19;1-2-18-13(17)9-5-8-3-4-10(14)7-11(8)16-12(15)6-9;1-2-18-13(17)9-5-8-3-4-10(14)7-11(8)15-12(16)6-9;1-6(14)18-11(19-7(2)15)9-4-3-8(12)5-10(9)13(16)17;8-6-2-1-5(4-10)7(3-6)9(11)12;1-5-2-3-6(8)4-7(5)9(10)11;1-3-10-7(9)6(2)4-5-8;1-2(3)4;/h3-4,7-8H,2,5H2,1H3;3-5,7H,2,6H2,1H3,(H2,15,16);3-5,7H,2,6H2,1H3,(H,15,16);3-5,11H,1-2H3;1-4H;2-4H,1H3;2-4H2,1H3;1H3,(H,3,4);/b10-7+;;;;;;;;. The number of hydrogen-bond donors (Lipinski definition) is 3. The van der Waals surface area contributed by atoms with Crippen LogP contribution in [0.4, 0.5) is 34.1 Å². The summed E-state index contributed by atoms with van der Waals surface area (Å²) in [6.07, 6.45) is 4.02. The fourth-order valence-electron chi connectivity index (χ4n) is 8.20. The molecule has 0 bridgehead atoms. The predicted molar refractivity (Wildman–Crippen MR) is 430 cm³/mol. The number of esters is 6. The van der Waals surface area contributed by atoms with Gasteiger partial charge in [-0.2, -0.15) is 10.5 Å². The summed E-state index contributed by atoms with van der Waals surface area (Å²) in [5, 5.41) is 69.7. The van der Waals surface area contributed by atoms with Crippen molar-refractivity contribution in [3.8, 4) is 12.1 Å². The Hall–Kier alpha value is -10.8. The maximum absolute atomic E-state index is 11.8. The Morgan fingerprint density at radius 2 is 0.982 bits per heavy atom. The van der Waals surface area contributed by atoms with E-state index in [4.69, 9.17) is 49.8 Å². The number of nitro benzene ring substituents is 4. The first-order chi connectivity index (χ1) is 52.7. The maximum atomic E-state index is 11.8. The number of amides is 1. The first-order valence-corrected chi connectivity index (χ1v) is 36.6. The molecule has 40 heteroatoms. The number of anilines is 1. The summed E-state index contributed by atoms with van der Waals surface area (Å²) in [6, 6.07) is 32.6. The fraction of sp³-hybridized carbons (Fsp3) is 0.233. The summed E-state index contributed by atoms with van der Waals surface area (Å²) in [6.45, 7) is 16.4. The van der Waals surface area contributed by atoms with Crippen LogP contribution in [0.2, 0.25) is 0 Å². The van der Waals surface area contributed by atoms with Gasteiger partial charge in [-0.25, -0.2) is 24.2 Å². The van der Waals surface area contributed by atoms with Crippen molar-refractivity contribution in [2.45, 2.75) is 87.4 Å². The van der Waals surface area contributed by atoms with Crippen molar-refractivity contribution in [2.75, 3.05) is 31.7 Å². The number of aldehydes is 1. The van der Waals surface area contributed by atoms with Crippen molar-refractivity contribution in [3.05, 3.63) is 239 Å². The number of aryl methyl sites for hydroxylation is 1. The molecule has 6 aromatic carbocycles. The number of fused-ring (bicyclic) bond motifs is 2. The van der Waals surface area contributed by atoms with E-state index >= 15 is 0 Å².